The summed E-state index contributed by atoms with van der Waals surface area (Å²) in [7, 11) is 0. The van der Waals surface area contributed by atoms with Crippen molar-refractivity contribution in [3.05, 3.63) is 23.0 Å². The maximum absolute atomic E-state index is 4.25. The zero-order valence-corrected chi connectivity index (χ0v) is 11.6. The van der Waals surface area contributed by atoms with E-state index in [1.54, 1.807) is 0 Å². The highest BCUT2D eigenvalue weighted by Gasteiger charge is 2.10. The van der Waals surface area contributed by atoms with Gasteiger partial charge in [-0.15, -0.1) is 0 Å². The molecule has 0 bridgehead atoms. The van der Waals surface area contributed by atoms with E-state index in [0.29, 0.717) is 0 Å². The lowest BCUT2D eigenvalue weighted by molar-refractivity contribution is 0.335. The summed E-state index contributed by atoms with van der Waals surface area (Å²) in [5.74, 6) is 0. The van der Waals surface area contributed by atoms with Gasteiger partial charge in [-0.05, 0) is 50.9 Å². The minimum Gasteiger partial charge on any atom is -0.311 e. The summed E-state index contributed by atoms with van der Waals surface area (Å²) >= 11 is 0. The molecule has 0 unspecified atom stereocenters. The topological polar surface area (TPSA) is 41.1 Å². The molecule has 1 aromatic heterocycles. The van der Waals surface area contributed by atoms with Crippen molar-refractivity contribution in [2.75, 3.05) is 26.2 Å². The molecule has 0 aromatic carbocycles. The molecule has 4 nitrogen and oxygen atoms in total. The van der Waals surface area contributed by atoms with E-state index in [9.17, 15) is 0 Å². The van der Waals surface area contributed by atoms with Crippen LogP contribution < -0.4 is 5.32 Å². The minimum atomic E-state index is 0.910. The molecule has 0 atom stereocenters. The first-order chi connectivity index (χ1) is 8.79. The molecule has 0 amide bonds. The van der Waals surface area contributed by atoms with E-state index in [-0.39, 0.29) is 0 Å². The van der Waals surface area contributed by atoms with Crippen LogP contribution in [0.5, 0.6) is 0 Å². The molecule has 2 heterocycles. The second-order valence-electron chi connectivity index (χ2n) is 5.04. The number of nitrogens with one attached hydrogen (secondary N) is 1. The van der Waals surface area contributed by atoms with Crippen molar-refractivity contribution in [3.8, 4) is 0 Å². The van der Waals surface area contributed by atoms with Gasteiger partial charge in [0.1, 0.15) is 0 Å². The molecule has 0 radical (unpaired) electrons. The van der Waals surface area contributed by atoms with Crippen molar-refractivity contribution in [2.45, 2.75) is 39.7 Å². The Morgan fingerprint density at radius 1 is 1.28 bits per heavy atom. The van der Waals surface area contributed by atoms with Crippen LogP contribution in [0.1, 0.15) is 36.7 Å². The number of aromatic nitrogens is 2. The Hall–Kier alpha value is -1.00. The van der Waals surface area contributed by atoms with Crippen LogP contribution in [-0.4, -0.2) is 41.3 Å². The third-order valence-electron chi connectivity index (χ3n) is 3.54. The summed E-state index contributed by atoms with van der Waals surface area (Å²) in [6, 6.07) is 2.15. The van der Waals surface area contributed by atoms with Crippen molar-refractivity contribution < 1.29 is 0 Å². The van der Waals surface area contributed by atoms with Gasteiger partial charge in [-0.2, -0.15) is 10.2 Å². The number of aryl methyl sites for hydroxylation is 2. The molecule has 1 aromatic rings. The fourth-order valence-corrected chi connectivity index (χ4v) is 2.49. The van der Waals surface area contributed by atoms with Gasteiger partial charge in [-0.1, -0.05) is 6.92 Å². The van der Waals surface area contributed by atoms with E-state index in [1.807, 2.05) is 6.92 Å². The Morgan fingerprint density at radius 3 is 2.78 bits per heavy atom. The van der Waals surface area contributed by atoms with Crippen LogP contribution in [0.4, 0.5) is 0 Å². The van der Waals surface area contributed by atoms with Crippen molar-refractivity contribution in [1.82, 2.24) is 20.4 Å². The van der Waals surface area contributed by atoms with Gasteiger partial charge in [-0.25, -0.2) is 0 Å². The van der Waals surface area contributed by atoms with Crippen LogP contribution in [0, 0.1) is 6.92 Å². The van der Waals surface area contributed by atoms with E-state index < -0.39 is 0 Å². The molecule has 0 spiro atoms. The fourth-order valence-electron chi connectivity index (χ4n) is 2.49. The normalized spacial score (nSPS) is 16.3. The van der Waals surface area contributed by atoms with Gasteiger partial charge >= 0.3 is 0 Å². The smallest absolute Gasteiger partial charge is 0.0673 e. The highest BCUT2D eigenvalue weighted by Crippen LogP contribution is 2.08. The van der Waals surface area contributed by atoms with E-state index >= 15 is 0 Å². The standard InChI is InChI=1S/C14H24N4/c1-3-14-13(10-12(2)16-17-14)11-15-6-9-18-7-4-5-8-18/h10,15H,3-9,11H2,1-2H3. The summed E-state index contributed by atoms with van der Waals surface area (Å²) < 4.78 is 0. The number of rotatable bonds is 6. The molecule has 0 saturated carbocycles. The first-order valence-electron chi connectivity index (χ1n) is 7.04. The molecule has 1 N–H and O–H groups in total. The quantitative estimate of drug-likeness (QED) is 0.775. The highest BCUT2D eigenvalue weighted by molar-refractivity contribution is 5.20. The van der Waals surface area contributed by atoms with Crippen molar-refractivity contribution in [1.29, 1.82) is 0 Å². The van der Waals surface area contributed by atoms with Crippen LogP contribution in [0.2, 0.25) is 0 Å². The number of nitrogens with zero attached hydrogens (tertiary/aromatic N) is 3. The Balaban J connectivity index is 1.76. The number of likely N-dealkylation sites (tertiary alicyclic amines) is 1. The molecular weight excluding hydrogens is 224 g/mol. The first-order valence-corrected chi connectivity index (χ1v) is 7.04. The lowest BCUT2D eigenvalue weighted by atomic mass is 10.1. The summed E-state index contributed by atoms with van der Waals surface area (Å²) in [4.78, 5) is 2.53. The first kappa shape index (κ1) is 13.4. The van der Waals surface area contributed by atoms with E-state index in [1.165, 1.54) is 38.0 Å². The average Bonchev–Trinajstić information content (AvgIpc) is 2.88. The summed E-state index contributed by atoms with van der Waals surface area (Å²) in [6.07, 6.45) is 3.69. The Morgan fingerprint density at radius 2 is 2.06 bits per heavy atom. The summed E-state index contributed by atoms with van der Waals surface area (Å²) in [6.45, 7) is 9.82. The van der Waals surface area contributed by atoms with Crippen LogP contribution >= 0.6 is 0 Å². The van der Waals surface area contributed by atoms with Gasteiger partial charge in [0.25, 0.3) is 0 Å². The molecule has 100 valence electrons. The van der Waals surface area contributed by atoms with E-state index in [2.05, 4.69) is 33.4 Å². The Labute approximate surface area is 110 Å². The van der Waals surface area contributed by atoms with Gasteiger partial charge in [0.15, 0.2) is 0 Å². The molecule has 1 aliphatic rings. The van der Waals surface area contributed by atoms with Gasteiger partial charge in [0.2, 0.25) is 0 Å². The van der Waals surface area contributed by atoms with E-state index in [4.69, 9.17) is 0 Å². The van der Waals surface area contributed by atoms with Gasteiger partial charge < -0.3 is 10.2 Å². The largest absolute Gasteiger partial charge is 0.311 e. The zero-order valence-electron chi connectivity index (χ0n) is 11.6. The minimum absolute atomic E-state index is 0.910. The van der Waals surface area contributed by atoms with Crippen LogP contribution in [0.25, 0.3) is 0 Å². The third kappa shape index (κ3) is 3.75. The average molecular weight is 248 g/mol. The maximum Gasteiger partial charge on any atom is 0.0673 e. The second kappa shape index (κ2) is 6.81. The van der Waals surface area contributed by atoms with Crippen molar-refractivity contribution in [3.63, 3.8) is 0 Å². The molecule has 1 fully saturated rings. The Bertz CT molecular complexity index is 372. The number of hydrogen-bond donors (Lipinski definition) is 1. The Kier molecular flexibility index (Phi) is 5.08. The highest BCUT2D eigenvalue weighted by atomic mass is 15.1. The second-order valence-corrected chi connectivity index (χ2v) is 5.04. The summed E-state index contributed by atoms with van der Waals surface area (Å²) in [5, 5.41) is 11.9. The predicted molar refractivity (Wildman–Crippen MR) is 73.5 cm³/mol. The van der Waals surface area contributed by atoms with Crippen molar-refractivity contribution in [2.24, 2.45) is 0 Å². The number of hydrogen-bond acceptors (Lipinski definition) is 4. The molecule has 1 saturated heterocycles. The summed E-state index contributed by atoms with van der Waals surface area (Å²) in [5.41, 5.74) is 3.42. The maximum atomic E-state index is 4.25. The molecule has 2 rings (SSSR count). The lowest BCUT2D eigenvalue weighted by Crippen LogP contribution is -2.30. The van der Waals surface area contributed by atoms with Gasteiger partial charge in [0, 0.05) is 19.6 Å². The molecule has 18 heavy (non-hydrogen) atoms. The fraction of sp³-hybridized carbons (Fsp3) is 0.714. The zero-order chi connectivity index (χ0) is 12.8. The van der Waals surface area contributed by atoms with Crippen LogP contribution in [0.15, 0.2) is 6.07 Å². The third-order valence-corrected chi connectivity index (χ3v) is 3.54. The van der Waals surface area contributed by atoms with E-state index in [0.717, 1.165) is 30.9 Å². The van der Waals surface area contributed by atoms with Gasteiger partial charge in [0.05, 0.1) is 11.4 Å². The molecule has 4 heteroatoms. The van der Waals surface area contributed by atoms with Crippen LogP contribution in [-0.2, 0) is 13.0 Å². The predicted octanol–water partition coefficient (Wildman–Crippen LogP) is 1.53. The monoisotopic (exact) mass is 248 g/mol. The molecule has 0 aliphatic carbocycles. The lowest BCUT2D eigenvalue weighted by Gasteiger charge is -2.15. The molecular formula is C14H24N4. The van der Waals surface area contributed by atoms with Crippen LogP contribution in [0.3, 0.4) is 0 Å². The van der Waals surface area contributed by atoms with Crippen molar-refractivity contribution >= 4 is 0 Å². The molecule has 1 aliphatic heterocycles. The van der Waals surface area contributed by atoms with Gasteiger partial charge in [-0.3, -0.25) is 0 Å². The SMILES string of the molecule is CCc1nnc(C)cc1CNCCN1CCCC1.